The number of fused-ring (bicyclic) bond motifs is 1. The first-order chi connectivity index (χ1) is 18.5. The number of alkyl halides is 3. The number of halogens is 3. The molecule has 0 amide bonds. The number of rotatable bonds is 5. The molecule has 1 N–H and O–H groups in total. The molecule has 8 nitrogen and oxygen atoms in total. The Morgan fingerprint density at radius 1 is 1.15 bits per heavy atom. The molecule has 11 heteroatoms. The molecule has 1 aromatic carbocycles. The van der Waals surface area contributed by atoms with Gasteiger partial charge in [-0.2, -0.15) is 18.3 Å². The van der Waals surface area contributed by atoms with E-state index in [0.29, 0.717) is 29.6 Å². The molecule has 0 bridgehead atoms. The Balaban J connectivity index is 1.44. The number of aryl methyl sites for hydroxylation is 1. The SMILES string of the molecule is CC1CC(c2cccc(-n3[nH+]c4c(C(F)(F)F)cc(CN5CCC[C@H](C)C5)cn4c3=O)c2)(c2nncn2C)C1. The Morgan fingerprint density at radius 3 is 2.62 bits per heavy atom. The van der Waals surface area contributed by atoms with Crippen molar-refractivity contribution in [3.05, 3.63) is 75.9 Å². The third kappa shape index (κ3) is 4.46. The maximum atomic E-state index is 14.2. The summed E-state index contributed by atoms with van der Waals surface area (Å²) in [5.74, 6) is 1.83. The van der Waals surface area contributed by atoms with Crippen LogP contribution in [0.15, 0.2) is 47.7 Å². The van der Waals surface area contributed by atoms with Crippen molar-refractivity contribution >= 4 is 5.65 Å². The third-order valence-corrected chi connectivity index (χ3v) is 8.38. The number of H-pyrrole nitrogens is 1. The zero-order valence-corrected chi connectivity index (χ0v) is 22.4. The van der Waals surface area contributed by atoms with Crippen molar-refractivity contribution in [1.29, 1.82) is 0 Å². The minimum Gasteiger partial charge on any atom is -0.320 e. The molecule has 3 aromatic heterocycles. The highest BCUT2D eigenvalue weighted by Crippen LogP contribution is 2.51. The van der Waals surface area contributed by atoms with Gasteiger partial charge < -0.3 is 4.57 Å². The molecule has 2 aliphatic rings. The van der Waals surface area contributed by atoms with E-state index < -0.39 is 17.4 Å². The Bertz CT molecular complexity index is 1580. The molecule has 1 aliphatic heterocycles. The van der Waals surface area contributed by atoms with Crippen molar-refractivity contribution in [2.75, 3.05) is 13.1 Å². The predicted molar refractivity (Wildman–Crippen MR) is 138 cm³/mol. The lowest BCUT2D eigenvalue weighted by Crippen LogP contribution is -2.43. The number of pyridine rings is 1. The molecule has 206 valence electrons. The molecule has 4 aromatic rings. The van der Waals surface area contributed by atoms with Crippen molar-refractivity contribution in [1.82, 2.24) is 28.7 Å². The number of aromatic nitrogens is 6. The summed E-state index contributed by atoms with van der Waals surface area (Å²) >= 11 is 0. The number of aromatic amines is 1. The molecule has 1 saturated heterocycles. The Hall–Kier alpha value is -3.47. The van der Waals surface area contributed by atoms with Gasteiger partial charge in [0.25, 0.3) is 0 Å². The quantitative estimate of drug-likeness (QED) is 0.384. The van der Waals surface area contributed by atoms with E-state index in [1.165, 1.54) is 16.9 Å². The number of hydrogen-bond donors (Lipinski definition) is 0. The Kier molecular flexibility index (Phi) is 6.16. The van der Waals surface area contributed by atoms with Gasteiger partial charge in [-0.05, 0) is 67.8 Å². The second-order valence-electron chi connectivity index (χ2n) is 11.6. The van der Waals surface area contributed by atoms with E-state index in [0.717, 1.165) is 54.6 Å². The van der Waals surface area contributed by atoms with Gasteiger partial charge in [0, 0.05) is 25.7 Å². The number of nitrogens with one attached hydrogen (secondary N) is 1. The topological polar surface area (TPSA) is 74.5 Å². The average Bonchev–Trinajstić information content (AvgIpc) is 3.44. The number of piperidine rings is 1. The second-order valence-corrected chi connectivity index (χ2v) is 11.6. The molecule has 0 unspecified atom stereocenters. The zero-order chi connectivity index (χ0) is 27.5. The van der Waals surface area contributed by atoms with Crippen LogP contribution in [-0.2, 0) is 25.2 Å². The fourth-order valence-corrected chi connectivity index (χ4v) is 6.68. The van der Waals surface area contributed by atoms with Crippen LogP contribution in [-0.4, -0.2) is 41.8 Å². The minimum absolute atomic E-state index is 0.269. The van der Waals surface area contributed by atoms with E-state index in [9.17, 15) is 18.0 Å². The maximum Gasteiger partial charge on any atom is 0.456 e. The summed E-state index contributed by atoms with van der Waals surface area (Å²) in [6, 6.07) is 8.60. The Labute approximate surface area is 224 Å². The first kappa shape index (κ1) is 25.8. The standard InChI is InChI=1S/C28H32F3N7O/c1-18-6-5-9-36(14-18)15-20-10-23(28(29,30)31)24-34-38(26(39)37(24)16-20)22-8-4-7-21(11-22)27(12-19(2)13-27)25-33-32-17-35(25)3/h4,7-8,10-11,16-19H,5-6,9,12-15H2,1-3H3/p+1/t18-,19?,27?/m0/s1. The first-order valence-electron chi connectivity index (χ1n) is 13.5. The lowest BCUT2D eigenvalue weighted by Gasteiger charge is -2.46. The fourth-order valence-electron chi connectivity index (χ4n) is 6.68. The third-order valence-electron chi connectivity index (χ3n) is 8.38. The van der Waals surface area contributed by atoms with Crippen molar-refractivity contribution < 1.29 is 18.3 Å². The van der Waals surface area contributed by atoms with Crippen LogP contribution >= 0.6 is 0 Å². The van der Waals surface area contributed by atoms with Gasteiger partial charge >= 0.3 is 17.5 Å². The molecule has 1 aliphatic carbocycles. The Morgan fingerprint density at radius 2 is 1.95 bits per heavy atom. The molecule has 1 atom stereocenters. The second kappa shape index (κ2) is 9.32. The molecular formula is C28H33F3N7O+. The maximum absolute atomic E-state index is 14.2. The van der Waals surface area contributed by atoms with Gasteiger partial charge in [-0.15, -0.1) is 19.3 Å². The van der Waals surface area contributed by atoms with E-state index in [1.54, 1.807) is 12.4 Å². The van der Waals surface area contributed by atoms with Crippen LogP contribution in [0.25, 0.3) is 11.3 Å². The van der Waals surface area contributed by atoms with Crippen LogP contribution in [0.4, 0.5) is 13.2 Å². The van der Waals surface area contributed by atoms with E-state index in [2.05, 4.69) is 34.0 Å². The lowest BCUT2D eigenvalue weighted by atomic mass is 9.58. The molecule has 4 heterocycles. The van der Waals surface area contributed by atoms with Crippen LogP contribution in [0.2, 0.25) is 0 Å². The lowest BCUT2D eigenvalue weighted by molar-refractivity contribution is -0.450. The van der Waals surface area contributed by atoms with Crippen LogP contribution in [0.3, 0.4) is 0 Å². The van der Waals surface area contributed by atoms with Crippen LogP contribution in [0.5, 0.6) is 0 Å². The van der Waals surface area contributed by atoms with Gasteiger partial charge in [0.2, 0.25) is 0 Å². The number of hydrogen-bond acceptors (Lipinski definition) is 4. The number of benzene rings is 1. The summed E-state index contributed by atoms with van der Waals surface area (Å²) in [4.78, 5) is 15.7. The van der Waals surface area contributed by atoms with Gasteiger partial charge in [0.15, 0.2) is 0 Å². The van der Waals surface area contributed by atoms with Crippen LogP contribution in [0.1, 0.15) is 62.0 Å². The highest BCUT2D eigenvalue weighted by molar-refractivity contribution is 5.48. The molecule has 6 rings (SSSR count). The summed E-state index contributed by atoms with van der Waals surface area (Å²) in [5, 5.41) is 11.2. The highest BCUT2D eigenvalue weighted by atomic mass is 19.4. The van der Waals surface area contributed by atoms with E-state index >= 15 is 0 Å². The minimum atomic E-state index is -4.62. The van der Waals surface area contributed by atoms with Crippen molar-refractivity contribution in [2.45, 2.75) is 57.7 Å². The normalized spacial score (nSPS) is 24.3. The molecule has 39 heavy (non-hydrogen) atoms. The van der Waals surface area contributed by atoms with Gasteiger partial charge in [0.05, 0.1) is 11.1 Å². The van der Waals surface area contributed by atoms with Gasteiger partial charge in [-0.3, -0.25) is 4.90 Å². The molecule has 0 spiro atoms. The summed E-state index contributed by atoms with van der Waals surface area (Å²) in [5.41, 5.74) is -0.150. The van der Waals surface area contributed by atoms with Gasteiger partial charge in [0.1, 0.15) is 23.9 Å². The fraction of sp³-hybridized carbons (Fsp3) is 0.500. The average molecular weight is 541 g/mol. The number of nitrogens with zero attached hydrogens (tertiary/aromatic N) is 6. The van der Waals surface area contributed by atoms with Crippen molar-refractivity contribution in [3.8, 4) is 5.69 Å². The molecular weight excluding hydrogens is 507 g/mol. The highest BCUT2D eigenvalue weighted by Gasteiger charge is 2.48. The molecule has 0 radical (unpaired) electrons. The first-order valence-corrected chi connectivity index (χ1v) is 13.5. The summed E-state index contributed by atoms with van der Waals surface area (Å²) in [6.07, 6.45) is 2.47. The smallest absolute Gasteiger partial charge is 0.320 e. The van der Waals surface area contributed by atoms with Crippen molar-refractivity contribution in [3.63, 3.8) is 0 Å². The summed E-state index contributed by atoms with van der Waals surface area (Å²) < 4.78 is 46.8. The van der Waals surface area contributed by atoms with Crippen LogP contribution in [0, 0.1) is 11.8 Å². The van der Waals surface area contributed by atoms with Gasteiger partial charge in [-0.1, -0.05) is 26.0 Å². The number of likely N-dealkylation sites (tertiary alicyclic amines) is 1. The van der Waals surface area contributed by atoms with E-state index in [-0.39, 0.29) is 11.1 Å². The zero-order valence-electron chi connectivity index (χ0n) is 22.4. The molecule has 1 saturated carbocycles. The predicted octanol–water partition coefficient (Wildman–Crippen LogP) is 4.00. The van der Waals surface area contributed by atoms with Gasteiger partial charge in [-0.25, -0.2) is 4.79 Å². The van der Waals surface area contributed by atoms with Crippen molar-refractivity contribution in [2.24, 2.45) is 18.9 Å². The summed E-state index contributed by atoms with van der Waals surface area (Å²) in [6.45, 7) is 6.38. The largest absolute Gasteiger partial charge is 0.456 e. The summed E-state index contributed by atoms with van der Waals surface area (Å²) in [7, 11) is 1.91. The molecule has 2 fully saturated rings. The monoisotopic (exact) mass is 540 g/mol. The van der Waals surface area contributed by atoms with E-state index in [1.807, 2.05) is 29.8 Å². The van der Waals surface area contributed by atoms with E-state index in [4.69, 9.17) is 0 Å². The van der Waals surface area contributed by atoms with Crippen LogP contribution < -0.4 is 10.8 Å².